The third-order valence-corrected chi connectivity index (χ3v) is 5.08. The topological polar surface area (TPSA) is 43.3 Å². The minimum atomic E-state index is 0.750. The summed E-state index contributed by atoms with van der Waals surface area (Å²) in [6.07, 6.45) is 2.60. The van der Waals surface area contributed by atoms with Gasteiger partial charge in [-0.25, -0.2) is 0 Å². The van der Waals surface area contributed by atoms with Gasteiger partial charge in [0.2, 0.25) is 0 Å². The minimum absolute atomic E-state index is 0.750. The van der Waals surface area contributed by atoms with Crippen molar-refractivity contribution in [2.45, 2.75) is 12.8 Å². The summed E-state index contributed by atoms with van der Waals surface area (Å²) < 4.78 is 5.48. The Morgan fingerprint density at radius 3 is 2.55 bits per heavy atom. The van der Waals surface area contributed by atoms with Crippen molar-refractivity contribution in [3.63, 3.8) is 0 Å². The fourth-order valence-corrected chi connectivity index (χ4v) is 3.50. The molecule has 3 saturated heterocycles. The fraction of sp³-hybridized carbons (Fsp3) is 0.938. The summed E-state index contributed by atoms with van der Waals surface area (Å²) in [5.41, 5.74) is 0. The molecule has 1 atom stereocenters. The first kappa shape index (κ1) is 16.0. The summed E-state index contributed by atoms with van der Waals surface area (Å²) in [5.74, 6) is 1.82. The molecule has 6 nitrogen and oxygen atoms in total. The summed E-state index contributed by atoms with van der Waals surface area (Å²) >= 11 is 0. The van der Waals surface area contributed by atoms with Crippen LogP contribution in [0.4, 0.5) is 0 Å². The van der Waals surface area contributed by atoms with Crippen molar-refractivity contribution in [1.82, 2.24) is 20.0 Å². The maximum absolute atomic E-state index is 5.48. The maximum Gasteiger partial charge on any atom is 0.193 e. The summed E-state index contributed by atoms with van der Waals surface area (Å²) in [6.45, 7) is 12.2. The number of guanidine groups is 1. The van der Waals surface area contributed by atoms with Gasteiger partial charge >= 0.3 is 0 Å². The van der Waals surface area contributed by atoms with Crippen LogP contribution in [0.5, 0.6) is 0 Å². The molecule has 0 radical (unpaired) electrons. The molecule has 0 aromatic rings. The predicted octanol–water partition coefficient (Wildman–Crippen LogP) is -0.0784. The first-order chi connectivity index (χ1) is 10.8. The first-order valence-electron chi connectivity index (χ1n) is 8.83. The molecule has 126 valence electrons. The Kier molecular flexibility index (Phi) is 5.92. The van der Waals surface area contributed by atoms with Crippen molar-refractivity contribution in [2.24, 2.45) is 10.9 Å². The van der Waals surface area contributed by atoms with Crippen LogP contribution in [0.15, 0.2) is 4.99 Å². The lowest BCUT2D eigenvalue weighted by Gasteiger charge is -2.37. The number of rotatable bonds is 5. The molecule has 0 spiro atoms. The van der Waals surface area contributed by atoms with Crippen molar-refractivity contribution in [3.8, 4) is 0 Å². The molecule has 3 fully saturated rings. The van der Waals surface area contributed by atoms with E-state index in [2.05, 4.69) is 25.0 Å². The monoisotopic (exact) mass is 309 g/mol. The third-order valence-electron chi connectivity index (χ3n) is 5.08. The van der Waals surface area contributed by atoms with Gasteiger partial charge < -0.3 is 19.9 Å². The van der Waals surface area contributed by atoms with E-state index in [1.807, 2.05) is 7.05 Å². The third kappa shape index (κ3) is 4.33. The highest BCUT2D eigenvalue weighted by Gasteiger charge is 2.24. The van der Waals surface area contributed by atoms with E-state index >= 15 is 0 Å². The number of aliphatic imine (C=N–C) groups is 1. The number of piperazine rings is 1. The van der Waals surface area contributed by atoms with Gasteiger partial charge in [-0.3, -0.25) is 9.89 Å². The Hall–Kier alpha value is -0.850. The second-order valence-corrected chi connectivity index (χ2v) is 6.69. The normalized spacial score (nSPS) is 28.0. The van der Waals surface area contributed by atoms with Crippen molar-refractivity contribution < 1.29 is 4.74 Å². The zero-order valence-corrected chi connectivity index (χ0v) is 14.0. The van der Waals surface area contributed by atoms with Gasteiger partial charge in [-0.05, 0) is 31.8 Å². The average molecular weight is 309 g/mol. The van der Waals surface area contributed by atoms with Crippen LogP contribution in [-0.4, -0.2) is 99.8 Å². The van der Waals surface area contributed by atoms with Gasteiger partial charge in [0.25, 0.3) is 0 Å². The highest BCUT2D eigenvalue weighted by atomic mass is 16.5. The molecule has 6 heteroatoms. The molecule has 3 heterocycles. The quantitative estimate of drug-likeness (QED) is 0.568. The van der Waals surface area contributed by atoms with Crippen molar-refractivity contribution in [2.75, 3.05) is 79.2 Å². The van der Waals surface area contributed by atoms with Crippen LogP contribution in [0.25, 0.3) is 0 Å². The number of hydrogen-bond donors (Lipinski definition) is 1. The van der Waals surface area contributed by atoms with Crippen LogP contribution in [-0.2, 0) is 4.74 Å². The lowest BCUT2D eigenvalue weighted by molar-refractivity contribution is 0.138. The molecule has 0 amide bonds. The Labute approximate surface area is 134 Å². The predicted molar refractivity (Wildman–Crippen MR) is 89.4 cm³/mol. The summed E-state index contributed by atoms with van der Waals surface area (Å²) in [7, 11) is 1.90. The fourth-order valence-electron chi connectivity index (χ4n) is 3.50. The van der Waals surface area contributed by atoms with E-state index in [-0.39, 0.29) is 0 Å². The molecule has 22 heavy (non-hydrogen) atoms. The minimum Gasteiger partial charge on any atom is -0.381 e. The molecule has 0 aromatic carbocycles. The van der Waals surface area contributed by atoms with Gasteiger partial charge in [0.05, 0.1) is 6.61 Å². The molecule has 0 saturated carbocycles. The van der Waals surface area contributed by atoms with E-state index in [1.54, 1.807) is 0 Å². The number of nitrogens with zero attached hydrogens (tertiary/aromatic N) is 4. The van der Waals surface area contributed by atoms with E-state index in [9.17, 15) is 0 Å². The Bertz CT molecular complexity index is 358. The molecule has 0 bridgehead atoms. The van der Waals surface area contributed by atoms with Crippen molar-refractivity contribution >= 4 is 5.96 Å². The van der Waals surface area contributed by atoms with E-state index in [1.165, 1.54) is 32.5 Å². The molecular formula is C16H31N5O. The summed E-state index contributed by atoms with van der Waals surface area (Å²) in [6, 6.07) is 0. The van der Waals surface area contributed by atoms with Gasteiger partial charge in [0.15, 0.2) is 5.96 Å². The highest BCUT2D eigenvalue weighted by Crippen LogP contribution is 2.15. The van der Waals surface area contributed by atoms with E-state index in [0.717, 1.165) is 64.4 Å². The lowest BCUT2D eigenvalue weighted by atomic mass is 10.1. The summed E-state index contributed by atoms with van der Waals surface area (Å²) in [4.78, 5) is 11.9. The molecule has 0 aliphatic carbocycles. The second-order valence-electron chi connectivity index (χ2n) is 6.69. The molecule has 3 rings (SSSR count). The Morgan fingerprint density at radius 1 is 1.14 bits per heavy atom. The van der Waals surface area contributed by atoms with E-state index < -0.39 is 0 Å². The number of ether oxygens (including phenoxy) is 1. The smallest absolute Gasteiger partial charge is 0.193 e. The molecule has 1 unspecified atom stereocenters. The zero-order valence-electron chi connectivity index (χ0n) is 14.0. The van der Waals surface area contributed by atoms with Gasteiger partial charge in [0.1, 0.15) is 0 Å². The van der Waals surface area contributed by atoms with E-state index in [4.69, 9.17) is 4.74 Å². The second kappa shape index (κ2) is 8.13. The summed E-state index contributed by atoms with van der Waals surface area (Å²) in [5, 5.41) is 3.52. The number of likely N-dealkylation sites (tertiary alicyclic amines) is 1. The van der Waals surface area contributed by atoms with Gasteiger partial charge in [-0.2, -0.15) is 0 Å². The molecule has 3 aliphatic heterocycles. The van der Waals surface area contributed by atoms with Crippen LogP contribution < -0.4 is 5.32 Å². The van der Waals surface area contributed by atoms with Gasteiger partial charge in [-0.15, -0.1) is 0 Å². The molecule has 3 aliphatic rings. The zero-order chi connectivity index (χ0) is 15.2. The maximum atomic E-state index is 5.48. The van der Waals surface area contributed by atoms with Gasteiger partial charge in [-0.1, -0.05) is 0 Å². The molecule has 1 N–H and O–H groups in total. The Balaban J connectivity index is 1.35. The van der Waals surface area contributed by atoms with Crippen LogP contribution in [0.3, 0.4) is 0 Å². The van der Waals surface area contributed by atoms with Crippen LogP contribution >= 0.6 is 0 Å². The largest absolute Gasteiger partial charge is 0.381 e. The number of nitrogens with one attached hydrogen (secondary N) is 1. The lowest BCUT2D eigenvalue weighted by Crippen LogP contribution is -2.54. The van der Waals surface area contributed by atoms with Crippen molar-refractivity contribution in [1.29, 1.82) is 0 Å². The van der Waals surface area contributed by atoms with Gasteiger partial charge in [0, 0.05) is 59.5 Å². The first-order valence-corrected chi connectivity index (χ1v) is 8.83. The van der Waals surface area contributed by atoms with Crippen molar-refractivity contribution in [3.05, 3.63) is 0 Å². The van der Waals surface area contributed by atoms with Crippen LogP contribution in [0.1, 0.15) is 12.8 Å². The Morgan fingerprint density at radius 2 is 1.95 bits per heavy atom. The van der Waals surface area contributed by atoms with Crippen LogP contribution in [0, 0.1) is 5.92 Å². The average Bonchev–Trinajstić information content (AvgIpc) is 3.00. The number of hydrogen-bond acceptors (Lipinski definition) is 4. The molecule has 0 aromatic heterocycles. The SMILES string of the molecule is CN=C(NCCN1CCC1)N1CCN(CC2CCOC2)CC1. The van der Waals surface area contributed by atoms with Crippen LogP contribution in [0.2, 0.25) is 0 Å². The van der Waals surface area contributed by atoms with E-state index in [0.29, 0.717) is 0 Å². The highest BCUT2D eigenvalue weighted by molar-refractivity contribution is 5.80. The standard InChI is InChI=1S/C16H31N5O/c1-17-16(18-4-7-19-5-2-6-19)21-10-8-20(9-11-21)13-15-3-12-22-14-15/h15H,2-14H2,1H3,(H,17,18). The molecular weight excluding hydrogens is 278 g/mol.